The molecule has 5 nitrogen and oxygen atoms in total. The lowest BCUT2D eigenvalue weighted by Crippen LogP contribution is -2.25. The van der Waals surface area contributed by atoms with Gasteiger partial charge >= 0.3 is 5.97 Å². The maximum absolute atomic E-state index is 11.2. The molecule has 0 aromatic heterocycles. The van der Waals surface area contributed by atoms with E-state index >= 15 is 0 Å². The van der Waals surface area contributed by atoms with Crippen molar-refractivity contribution in [1.29, 1.82) is 0 Å². The first-order chi connectivity index (χ1) is 7.42. The third kappa shape index (κ3) is 4.49. The predicted octanol–water partition coefficient (Wildman–Crippen LogP) is 0.942. The van der Waals surface area contributed by atoms with Gasteiger partial charge in [0.2, 0.25) is 0 Å². The van der Waals surface area contributed by atoms with Crippen LogP contribution in [0.15, 0.2) is 0 Å². The lowest BCUT2D eigenvalue weighted by atomic mass is 9.82. The number of rotatable bonds is 4. The van der Waals surface area contributed by atoms with Crippen LogP contribution in [0.25, 0.3) is 0 Å². The molecule has 0 bridgehead atoms. The maximum Gasteiger partial charge on any atom is 0.308 e. The summed E-state index contributed by atoms with van der Waals surface area (Å²) in [4.78, 5) is 11.2. The fourth-order valence-corrected chi connectivity index (χ4v) is 2.39. The molecule has 0 aliphatic heterocycles. The Hall–Kier alpha value is -0.620. The third-order valence-electron chi connectivity index (χ3n) is 2.90. The minimum absolute atomic E-state index is 0.0283. The van der Waals surface area contributed by atoms with E-state index in [1.807, 2.05) is 0 Å². The molecule has 0 spiro atoms. The van der Waals surface area contributed by atoms with Crippen LogP contribution in [0.5, 0.6) is 0 Å². The summed E-state index contributed by atoms with van der Waals surface area (Å²) >= 11 is 0. The first kappa shape index (κ1) is 13.4. The first-order valence-electron chi connectivity index (χ1n) is 5.34. The van der Waals surface area contributed by atoms with E-state index in [0.29, 0.717) is 0 Å². The molecule has 1 fully saturated rings. The van der Waals surface area contributed by atoms with Gasteiger partial charge in [-0.2, -0.15) is 8.42 Å². The largest absolute Gasteiger partial charge is 0.469 e. The molecule has 1 aliphatic rings. The van der Waals surface area contributed by atoms with Crippen molar-refractivity contribution < 1.29 is 22.1 Å². The average molecular weight is 250 g/mol. The molecule has 0 saturated heterocycles. The third-order valence-corrected chi connectivity index (χ3v) is 3.46. The van der Waals surface area contributed by atoms with Crippen molar-refractivity contribution in [1.82, 2.24) is 0 Å². The van der Waals surface area contributed by atoms with Gasteiger partial charge in [-0.05, 0) is 31.6 Å². The molecular formula is C10H18O5S. The van der Waals surface area contributed by atoms with E-state index in [1.165, 1.54) is 7.11 Å². The van der Waals surface area contributed by atoms with Crippen LogP contribution in [0, 0.1) is 11.8 Å². The number of esters is 1. The van der Waals surface area contributed by atoms with Crippen molar-refractivity contribution in [2.45, 2.75) is 25.7 Å². The molecule has 0 N–H and O–H groups in total. The average Bonchev–Trinajstić information content (AvgIpc) is 2.25. The second kappa shape index (κ2) is 5.63. The fraction of sp³-hybridized carbons (Fsp3) is 0.900. The molecule has 1 saturated carbocycles. The van der Waals surface area contributed by atoms with Gasteiger partial charge in [-0.25, -0.2) is 0 Å². The number of carbonyl (C=O) groups excluding carboxylic acids is 1. The van der Waals surface area contributed by atoms with Crippen molar-refractivity contribution >= 4 is 16.1 Å². The number of hydrogen-bond donors (Lipinski definition) is 0. The zero-order valence-corrected chi connectivity index (χ0v) is 10.5. The Balaban J connectivity index is 2.30. The van der Waals surface area contributed by atoms with Crippen molar-refractivity contribution in [3.63, 3.8) is 0 Å². The Morgan fingerprint density at radius 1 is 1.25 bits per heavy atom. The molecule has 0 unspecified atom stereocenters. The number of ether oxygens (including phenoxy) is 1. The summed E-state index contributed by atoms with van der Waals surface area (Å²) in [6.07, 6.45) is 4.19. The van der Waals surface area contributed by atoms with E-state index in [1.54, 1.807) is 0 Å². The summed E-state index contributed by atoms with van der Waals surface area (Å²) in [6, 6.07) is 0. The van der Waals surface area contributed by atoms with Crippen LogP contribution in [0.2, 0.25) is 0 Å². The van der Waals surface area contributed by atoms with Crippen LogP contribution in [-0.4, -0.2) is 34.4 Å². The number of methoxy groups -OCH3 is 1. The van der Waals surface area contributed by atoms with Gasteiger partial charge in [-0.1, -0.05) is 0 Å². The SMILES string of the molecule is COC(=O)[C@H]1CC[C@@H](COS(C)(=O)=O)CC1. The molecule has 1 aliphatic carbocycles. The topological polar surface area (TPSA) is 69.7 Å². The minimum Gasteiger partial charge on any atom is -0.469 e. The van der Waals surface area contributed by atoms with E-state index in [0.717, 1.165) is 31.9 Å². The Morgan fingerprint density at radius 3 is 2.25 bits per heavy atom. The molecule has 0 amide bonds. The Kier molecular flexibility index (Phi) is 4.73. The molecule has 94 valence electrons. The summed E-state index contributed by atoms with van der Waals surface area (Å²) < 4.78 is 31.0. The van der Waals surface area contributed by atoms with Gasteiger partial charge in [-0.15, -0.1) is 0 Å². The number of hydrogen-bond acceptors (Lipinski definition) is 5. The number of carbonyl (C=O) groups is 1. The molecule has 6 heteroatoms. The summed E-state index contributed by atoms with van der Waals surface area (Å²) in [5, 5.41) is 0. The molecule has 0 aromatic rings. The van der Waals surface area contributed by atoms with Crippen LogP contribution in [-0.2, 0) is 23.8 Å². The Bertz CT molecular complexity index is 327. The van der Waals surface area contributed by atoms with Crippen LogP contribution in [0.4, 0.5) is 0 Å². The van der Waals surface area contributed by atoms with Crippen LogP contribution in [0.1, 0.15) is 25.7 Å². The van der Waals surface area contributed by atoms with Gasteiger partial charge in [-0.3, -0.25) is 8.98 Å². The van der Waals surface area contributed by atoms with Gasteiger partial charge < -0.3 is 4.74 Å². The van der Waals surface area contributed by atoms with Crippen molar-refractivity contribution in [2.75, 3.05) is 20.0 Å². The molecule has 0 heterocycles. The molecule has 0 aromatic carbocycles. The lowest BCUT2D eigenvalue weighted by molar-refractivity contribution is -0.146. The monoisotopic (exact) mass is 250 g/mol. The summed E-state index contributed by atoms with van der Waals surface area (Å²) in [5.41, 5.74) is 0. The summed E-state index contributed by atoms with van der Waals surface area (Å²) in [6.45, 7) is 0.229. The van der Waals surface area contributed by atoms with Gasteiger partial charge in [0, 0.05) is 0 Å². The van der Waals surface area contributed by atoms with Gasteiger partial charge in [0.1, 0.15) is 0 Å². The van der Waals surface area contributed by atoms with Crippen molar-refractivity contribution in [3.8, 4) is 0 Å². The zero-order chi connectivity index (χ0) is 12.2. The van der Waals surface area contributed by atoms with Crippen LogP contribution in [0.3, 0.4) is 0 Å². The molecule has 0 radical (unpaired) electrons. The quantitative estimate of drug-likeness (QED) is 0.548. The van der Waals surface area contributed by atoms with Gasteiger partial charge in [0.15, 0.2) is 0 Å². The maximum atomic E-state index is 11.2. The second-order valence-electron chi connectivity index (χ2n) is 4.23. The molecular weight excluding hydrogens is 232 g/mol. The lowest BCUT2D eigenvalue weighted by Gasteiger charge is -2.26. The van der Waals surface area contributed by atoms with Crippen LogP contribution < -0.4 is 0 Å². The Labute approximate surface area is 96.2 Å². The van der Waals surface area contributed by atoms with Crippen molar-refractivity contribution in [3.05, 3.63) is 0 Å². The highest BCUT2D eigenvalue weighted by atomic mass is 32.2. The van der Waals surface area contributed by atoms with E-state index in [2.05, 4.69) is 4.74 Å². The van der Waals surface area contributed by atoms with Crippen LogP contribution >= 0.6 is 0 Å². The fourth-order valence-electron chi connectivity index (χ4n) is 1.95. The Morgan fingerprint density at radius 2 is 1.81 bits per heavy atom. The highest BCUT2D eigenvalue weighted by Crippen LogP contribution is 2.29. The molecule has 0 atom stereocenters. The van der Waals surface area contributed by atoms with Gasteiger partial charge in [0.25, 0.3) is 10.1 Å². The predicted molar refractivity (Wildman–Crippen MR) is 58.3 cm³/mol. The highest BCUT2D eigenvalue weighted by Gasteiger charge is 2.27. The zero-order valence-electron chi connectivity index (χ0n) is 9.64. The molecule has 16 heavy (non-hydrogen) atoms. The van der Waals surface area contributed by atoms with E-state index < -0.39 is 10.1 Å². The van der Waals surface area contributed by atoms with Crippen molar-refractivity contribution in [2.24, 2.45) is 11.8 Å². The van der Waals surface area contributed by atoms with E-state index in [9.17, 15) is 13.2 Å². The highest BCUT2D eigenvalue weighted by molar-refractivity contribution is 7.85. The molecule has 1 rings (SSSR count). The normalized spacial score (nSPS) is 26.4. The summed E-state index contributed by atoms with van der Waals surface area (Å²) in [7, 11) is -1.96. The standard InChI is InChI=1S/C10H18O5S/c1-14-10(11)9-5-3-8(4-6-9)7-15-16(2,12)13/h8-9H,3-7H2,1-2H3/t8-,9+. The second-order valence-corrected chi connectivity index (χ2v) is 5.87. The first-order valence-corrected chi connectivity index (χ1v) is 7.16. The van der Waals surface area contributed by atoms with Gasteiger partial charge in [0.05, 0.1) is 25.9 Å². The minimum atomic E-state index is -3.35. The summed E-state index contributed by atoms with van der Waals surface area (Å²) in [5.74, 6) is 0.0394. The smallest absolute Gasteiger partial charge is 0.308 e. The van der Waals surface area contributed by atoms with E-state index in [-0.39, 0.29) is 24.4 Å². The van der Waals surface area contributed by atoms with E-state index in [4.69, 9.17) is 4.18 Å².